The summed E-state index contributed by atoms with van der Waals surface area (Å²) >= 11 is 1.80. The molecule has 0 aliphatic carbocycles. The van der Waals surface area contributed by atoms with E-state index in [4.69, 9.17) is 9.47 Å². The average Bonchev–Trinajstić information content (AvgIpc) is 3.01. The zero-order valence-corrected chi connectivity index (χ0v) is 18.7. The second-order valence-electron chi connectivity index (χ2n) is 8.44. The fourth-order valence-corrected chi connectivity index (χ4v) is 6.44. The van der Waals surface area contributed by atoms with E-state index in [1.807, 2.05) is 24.3 Å². The zero-order chi connectivity index (χ0) is 20.6. The number of rotatable bonds is 3. The van der Waals surface area contributed by atoms with E-state index in [0.717, 1.165) is 34.8 Å². The van der Waals surface area contributed by atoms with Gasteiger partial charge in [0.05, 0.1) is 4.90 Å². The van der Waals surface area contributed by atoms with E-state index in [1.165, 1.54) is 0 Å². The van der Waals surface area contributed by atoms with Gasteiger partial charge in [-0.2, -0.15) is 16.1 Å². The van der Waals surface area contributed by atoms with Crippen LogP contribution in [0.3, 0.4) is 0 Å². The van der Waals surface area contributed by atoms with Gasteiger partial charge in [0, 0.05) is 24.1 Å². The van der Waals surface area contributed by atoms with Gasteiger partial charge in [-0.25, -0.2) is 8.42 Å². The van der Waals surface area contributed by atoms with Gasteiger partial charge in [-0.3, -0.25) is 0 Å². The number of hydrogen-bond donors (Lipinski definition) is 0. The molecule has 2 aromatic carbocycles. The topological polar surface area (TPSA) is 55.8 Å². The monoisotopic (exact) mass is 433 g/mol. The van der Waals surface area contributed by atoms with Crippen molar-refractivity contribution < 1.29 is 17.9 Å². The van der Waals surface area contributed by atoms with Crippen molar-refractivity contribution in [3.8, 4) is 11.5 Å². The Bertz CT molecular complexity index is 981. The average molecular weight is 434 g/mol. The van der Waals surface area contributed by atoms with E-state index in [1.54, 1.807) is 28.2 Å². The molecule has 2 aromatic rings. The summed E-state index contributed by atoms with van der Waals surface area (Å²) in [6.07, 6.45) is 0.767. The van der Waals surface area contributed by atoms with Crippen molar-refractivity contribution in [2.75, 3.05) is 25.6 Å². The quantitative estimate of drug-likeness (QED) is 0.709. The Labute approximate surface area is 177 Å². The van der Waals surface area contributed by atoms with Gasteiger partial charge in [-0.05, 0) is 47.2 Å². The molecule has 5 nitrogen and oxygen atoms in total. The highest BCUT2D eigenvalue weighted by Crippen LogP contribution is 2.40. The molecule has 1 atom stereocenters. The number of benzene rings is 2. The second-order valence-corrected chi connectivity index (χ2v) is 11.7. The van der Waals surface area contributed by atoms with Gasteiger partial charge in [0.15, 0.2) is 11.5 Å². The lowest BCUT2D eigenvalue weighted by Gasteiger charge is -2.22. The van der Waals surface area contributed by atoms with Crippen LogP contribution in [-0.2, 0) is 15.4 Å². The van der Waals surface area contributed by atoms with Crippen LogP contribution in [0.1, 0.15) is 43.6 Å². The lowest BCUT2D eigenvalue weighted by atomic mass is 9.87. The number of thioether (sulfide) groups is 1. The lowest BCUT2D eigenvalue weighted by molar-refractivity contribution is 0.174. The Hall–Kier alpha value is -1.70. The molecule has 0 amide bonds. The van der Waals surface area contributed by atoms with Crippen LogP contribution in [0.25, 0.3) is 0 Å². The van der Waals surface area contributed by atoms with Crippen LogP contribution >= 0.6 is 11.8 Å². The van der Waals surface area contributed by atoms with Gasteiger partial charge in [0.25, 0.3) is 0 Å². The molecule has 0 spiro atoms. The van der Waals surface area contributed by atoms with Crippen LogP contribution in [0, 0.1) is 0 Å². The van der Waals surface area contributed by atoms with Crippen molar-refractivity contribution >= 4 is 21.8 Å². The summed E-state index contributed by atoms with van der Waals surface area (Å²) in [6, 6.07) is 13.3. The Morgan fingerprint density at radius 2 is 1.72 bits per heavy atom. The fraction of sp³-hybridized carbons (Fsp3) is 0.455. The maximum Gasteiger partial charge on any atom is 0.243 e. The molecule has 1 saturated heterocycles. The molecule has 0 radical (unpaired) electrons. The first-order valence-electron chi connectivity index (χ1n) is 9.87. The molecular weight excluding hydrogens is 406 g/mol. The van der Waals surface area contributed by atoms with Crippen molar-refractivity contribution in [3.05, 3.63) is 53.6 Å². The molecule has 0 aromatic heterocycles. The summed E-state index contributed by atoms with van der Waals surface area (Å²) in [5.41, 5.74) is 2.29. The highest BCUT2D eigenvalue weighted by Gasteiger charge is 2.29. The highest BCUT2D eigenvalue weighted by atomic mass is 32.2. The number of ether oxygens (including phenoxy) is 2. The van der Waals surface area contributed by atoms with E-state index < -0.39 is 10.0 Å². The second kappa shape index (κ2) is 7.85. The molecule has 2 heterocycles. The van der Waals surface area contributed by atoms with Crippen LogP contribution in [0.15, 0.2) is 47.4 Å². The van der Waals surface area contributed by atoms with Gasteiger partial charge in [0.1, 0.15) is 0 Å². The van der Waals surface area contributed by atoms with Gasteiger partial charge in [-0.15, -0.1) is 0 Å². The summed E-state index contributed by atoms with van der Waals surface area (Å²) in [6.45, 7) is 7.66. The minimum atomic E-state index is -3.49. The minimum Gasteiger partial charge on any atom is -0.454 e. The molecule has 0 saturated carbocycles. The molecule has 0 N–H and O–H groups in total. The predicted molar refractivity (Wildman–Crippen MR) is 116 cm³/mol. The maximum atomic E-state index is 13.2. The first-order chi connectivity index (χ1) is 13.7. The largest absolute Gasteiger partial charge is 0.454 e. The molecule has 29 heavy (non-hydrogen) atoms. The Morgan fingerprint density at radius 1 is 1.00 bits per heavy atom. The van der Waals surface area contributed by atoms with E-state index in [-0.39, 0.29) is 17.5 Å². The third-order valence-corrected chi connectivity index (χ3v) is 8.67. The summed E-state index contributed by atoms with van der Waals surface area (Å²) in [4.78, 5) is 0.372. The number of nitrogens with zero attached hydrogens (tertiary/aromatic N) is 1. The van der Waals surface area contributed by atoms with Crippen molar-refractivity contribution in [2.24, 2.45) is 0 Å². The Kier molecular flexibility index (Phi) is 5.57. The van der Waals surface area contributed by atoms with Crippen LogP contribution in [-0.4, -0.2) is 38.4 Å². The molecule has 0 bridgehead atoms. The number of sulfonamides is 1. The maximum absolute atomic E-state index is 13.2. The molecule has 1 fully saturated rings. The number of hydrogen-bond acceptors (Lipinski definition) is 5. The molecular formula is C22H27NO4S2. The normalized spacial score (nSPS) is 20.4. The smallest absolute Gasteiger partial charge is 0.243 e. The lowest BCUT2D eigenvalue weighted by Crippen LogP contribution is -2.33. The van der Waals surface area contributed by atoms with E-state index in [2.05, 4.69) is 26.8 Å². The van der Waals surface area contributed by atoms with Gasteiger partial charge in [0.2, 0.25) is 16.8 Å². The van der Waals surface area contributed by atoms with Crippen LogP contribution in [0.2, 0.25) is 0 Å². The SMILES string of the molecule is CC(C)(C)c1ccc(S(=O)(=O)N2CCSC(c3ccc4c(c3)OCO4)CC2)cc1. The molecule has 156 valence electrons. The third-order valence-electron chi connectivity index (χ3n) is 5.43. The molecule has 1 unspecified atom stereocenters. The van der Waals surface area contributed by atoms with Crippen LogP contribution in [0.5, 0.6) is 11.5 Å². The van der Waals surface area contributed by atoms with E-state index in [0.29, 0.717) is 18.0 Å². The fourth-order valence-electron chi connectivity index (χ4n) is 3.65. The van der Waals surface area contributed by atoms with Gasteiger partial charge >= 0.3 is 0 Å². The van der Waals surface area contributed by atoms with E-state index >= 15 is 0 Å². The van der Waals surface area contributed by atoms with Crippen LogP contribution in [0.4, 0.5) is 0 Å². The molecule has 2 aliphatic rings. The van der Waals surface area contributed by atoms with Crippen molar-refractivity contribution in [2.45, 2.75) is 42.8 Å². The van der Waals surface area contributed by atoms with Crippen molar-refractivity contribution in [1.29, 1.82) is 0 Å². The minimum absolute atomic E-state index is 0.000623. The zero-order valence-electron chi connectivity index (χ0n) is 17.1. The van der Waals surface area contributed by atoms with Crippen molar-refractivity contribution in [1.82, 2.24) is 4.31 Å². The first-order valence-corrected chi connectivity index (χ1v) is 12.4. The Morgan fingerprint density at radius 3 is 2.45 bits per heavy atom. The molecule has 7 heteroatoms. The van der Waals surface area contributed by atoms with Crippen molar-refractivity contribution in [3.63, 3.8) is 0 Å². The Balaban J connectivity index is 1.49. The van der Waals surface area contributed by atoms with Gasteiger partial charge < -0.3 is 9.47 Å². The first kappa shape index (κ1) is 20.6. The van der Waals surface area contributed by atoms with Gasteiger partial charge in [-0.1, -0.05) is 39.0 Å². The van der Waals surface area contributed by atoms with Crippen LogP contribution < -0.4 is 9.47 Å². The summed E-state index contributed by atoms with van der Waals surface area (Å²) < 4.78 is 38.9. The highest BCUT2D eigenvalue weighted by molar-refractivity contribution is 7.99. The number of fused-ring (bicyclic) bond motifs is 1. The van der Waals surface area contributed by atoms with E-state index in [9.17, 15) is 8.42 Å². The predicted octanol–water partition coefficient (Wildman–Crippen LogP) is 4.58. The summed E-state index contributed by atoms with van der Waals surface area (Å²) in [7, 11) is -3.49. The standard InChI is InChI=1S/C22H27NO4S2/c1-22(2,3)17-5-7-18(8-6-17)29(24,25)23-11-10-21(28-13-12-23)16-4-9-19-20(14-16)27-15-26-19/h4-9,14,21H,10-13,15H2,1-3H3. The molecule has 4 rings (SSSR count). The third kappa shape index (κ3) is 4.27. The molecule has 2 aliphatic heterocycles. The summed E-state index contributed by atoms with van der Waals surface area (Å²) in [5, 5.41) is 0.243. The summed E-state index contributed by atoms with van der Waals surface area (Å²) in [5.74, 6) is 2.31.